The van der Waals surface area contributed by atoms with Gasteiger partial charge in [-0.05, 0) is 36.8 Å². The molecule has 124 valence electrons. The Morgan fingerprint density at radius 2 is 1.88 bits per heavy atom. The zero-order chi connectivity index (χ0) is 17.3. The van der Waals surface area contributed by atoms with Crippen molar-refractivity contribution in [3.05, 3.63) is 69.6 Å². The van der Waals surface area contributed by atoms with Crippen LogP contribution in [0.4, 0.5) is 0 Å². The van der Waals surface area contributed by atoms with Crippen molar-refractivity contribution >= 4 is 28.5 Å². The lowest BCUT2D eigenvalue weighted by atomic mass is 10.1. The number of nitrogens with one attached hydrogen (secondary N) is 1. The number of rotatable bonds is 4. The fourth-order valence-corrected chi connectivity index (χ4v) is 3.00. The van der Waals surface area contributed by atoms with Crippen molar-refractivity contribution in [3.8, 4) is 0 Å². The molecular formula is C18H18ClN3O2. The van der Waals surface area contributed by atoms with Gasteiger partial charge < -0.3 is 5.32 Å². The lowest BCUT2D eigenvalue weighted by Crippen LogP contribution is -2.34. The van der Waals surface area contributed by atoms with E-state index >= 15 is 0 Å². The molecule has 0 bridgehead atoms. The first-order valence-electron chi connectivity index (χ1n) is 7.66. The molecule has 0 aliphatic carbocycles. The molecule has 3 aromatic rings. The standard InChI is InChI=1S/C18H18ClN3O2/c1-12(13-6-5-7-14(19)10-13)20-17(23)11-22-16-9-4-3-8-15(16)21(2)18(22)24/h3-10,12H,11H2,1-2H3,(H,20,23). The number of imidazole rings is 1. The summed E-state index contributed by atoms with van der Waals surface area (Å²) in [4.78, 5) is 24.7. The second-order valence-corrected chi connectivity index (χ2v) is 6.20. The van der Waals surface area contributed by atoms with Crippen LogP contribution in [0.3, 0.4) is 0 Å². The number of nitrogens with zero attached hydrogens (tertiary/aromatic N) is 2. The van der Waals surface area contributed by atoms with Crippen LogP contribution in [-0.2, 0) is 18.4 Å². The van der Waals surface area contributed by atoms with Gasteiger partial charge in [0.1, 0.15) is 6.54 Å². The SMILES string of the molecule is CC(NC(=O)Cn1c(=O)n(C)c2ccccc21)c1cccc(Cl)c1. The third kappa shape index (κ3) is 3.08. The van der Waals surface area contributed by atoms with Gasteiger partial charge in [0.25, 0.3) is 0 Å². The molecule has 1 aromatic heterocycles. The van der Waals surface area contributed by atoms with Gasteiger partial charge in [-0.25, -0.2) is 4.79 Å². The molecular weight excluding hydrogens is 326 g/mol. The number of halogens is 1. The molecule has 5 nitrogen and oxygen atoms in total. The van der Waals surface area contributed by atoms with Crippen LogP contribution in [-0.4, -0.2) is 15.0 Å². The monoisotopic (exact) mass is 343 g/mol. The van der Waals surface area contributed by atoms with Crippen LogP contribution in [0.5, 0.6) is 0 Å². The lowest BCUT2D eigenvalue weighted by molar-refractivity contribution is -0.122. The highest BCUT2D eigenvalue weighted by Gasteiger charge is 2.15. The van der Waals surface area contributed by atoms with Crippen molar-refractivity contribution in [2.24, 2.45) is 7.05 Å². The molecule has 6 heteroatoms. The first-order chi connectivity index (χ1) is 11.5. The summed E-state index contributed by atoms with van der Waals surface area (Å²) < 4.78 is 3.03. The number of amides is 1. The fraction of sp³-hybridized carbons (Fsp3) is 0.222. The number of aryl methyl sites for hydroxylation is 1. The number of aromatic nitrogens is 2. The van der Waals surface area contributed by atoms with Crippen LogP contribution in [0.25, 0.3) is 11.0 Å². The van der Waals surface area contributed by atoms with E-state index in [9.17, 15) is 9.59 Å². The largest absolute Gasteiger partial charge is 0.348 e. The third-order valence-corrected chi connectivity index (χ3v) is 4.31. The first kappa shape index (κ1) is 16.3. The highest BCUT2D eigenvalue weighted by molar-refractivity contribution is 6.30. The average Bonchev–Trinajstić information content (AvgIpc) is 2.80. The summed E-state index contributed by atoms with van der Waals surface area (Å²) in [5.74, 6) is -0.221. The van der Waals surface area contributed by atoms with Crippen LogP contribution in [0.1, 0.15) is 18.5 Å². The number of hydrogen-bond donors (Lipinski definition) is 1. The molecule has 1 unspecified atom stereocenters. The Balaban J connectivity index is 1.81. The van der Waals surface area contributed by atoms with E-state index in [0.29, 0.717) is 5.02 Å². The van der Waals surface area contributed by atoms with E-state index in [4.69, 9.17) is 11.6 Å². The number of benzene rings is 2. The lowest BCUT2D eigenvalue weighted by Gasteiger charge is -2.15. The normalized spacial score (nSPS) is 12.3. The fourth-order valence-electron chi connectivity index (χ4n) is 2.81. The molecule has 1 N–H and O–H groups in total. The maximum atomic E-state index is 12.4. The van der Waals surface area contributed by atoms with E-state index in [1.54, 1.807) is 17.7 Å². The minimum Gasteiger partial charge on any atom is -0.348 e. The number of fused-ring (bicyclic) bond motifs is 1. The zero-order valence-corrected chi connectivity index (χ0v) is 14.2. The topological polar surface area (TPSA) is 56.0 Å². The predicted molar refractivity (Wildman–Crippen MR) is 95.2 cm³/mol. The Morgan fingerprint density at radius 3 is 2.58 bits per heavy atom. The van der Waals surface area contributed by atoms with Gasteiger partial charge in [0.05, 0.1) is 17.1 Å². The molecule has 1 atom stereocenters. The molecule has 24 heavy (non-hydrogen) atoms. The van der Waals surface area contributed by atoms with Gasteiger partial charge in [-0.2, -0.15) is 0 Å². The number of hydrogen-bond acceptors (Lipinski definition) is 2. The second-order valence-electron chi connectivity index (χ2n) is 5.76. The molecule has 0 radical (unpaired) electrons. The predicted octanol–water partition coefficient (Wildman–Crippen LogP) is 2.87. The van der Waals surface area contributed by atoms with Crippen molar-refractivity contribution in [1.82, 2.24) is 14.5 Å². The van der Waals surface area contributed by atoms with Gasteiger partial charge in [0.2, 0.25) is 5.91 Å². The maximum absolute atomic E-state index is 12.4. The van der Waals surface area contributed by atoms with E-state index in [1.807, 2.05) is 49.4 Å². The van der Waals surface area contributed by atoms with Crippen molar-refractivity contribution in [2.75, 3.05) is 0 Å². The van der Waals surface area contributed by atoms with E-state index in [0.717, 1.165) is 16.6 Å². The van der Waals surface area contributed by atoms with Gasteiger partial charge in [-0.15, -0.1) is 0 Å². The summed E-state index contributed by atoms with van der Waals surface area (Å²) >= 11 is 5.98. The Bertz CT molecular complexity index is 958. The Kier molecular flexibility index (Phi) is 4.44. The van der Waals surface area contributed by atoms with Crippen LogP contribution in [0, 0.1) is 0 Å². The molecule has 0 saturated carbocycles. The molecule has 1 amide bonds. The van der Waals surface area contributed by atoms with Crippen LogP contribution in [0.15, 0.2) is 53.3 Å². The second kappa shape index (κ2) is 6.53. The summed E-state index contributed by atoms with van der Waals surface area (Å²) in [5, 5.41) is 3.53. The summed E-state index contributed by atoms with van der Waals surface area (Å²) in [5.41, 5.74) is 2.26. The Hall–Kier alpha value is -2.53. The molecule has 2 aromatic carbocycles. The minimum absolute atomic E-state index is 0.0227. The average molecular weight is 344 g/mol. The van der Waals surface area contributed by atoms with Crippen molar-refractivity contribution in [3.63, 3.8) is 0 Å². The van der Waals surface area contributed by atoms with Gasteiger partial charge in [0.15, 0.2) is 0 Å². The highest BCUT2D eigenvalue weighted by atomic mass is 35.5. The van der Waals surface area contributed by atoms with E-state index in [2.05, 4.69) is 5.32 Å². The quantitative estimate of drug-likeness (QED) is 0.792. The van der Waals surface area contributed by atoms with Crippen LogP contribution < -0.4 is 11.0 Å². The van der Waals surface area contributed by atoms with Gasteiger partial charge in [0, 0.05) is 12.1 Å². The van der Waals surface area contributed by atoms with Crippen LogP contribution in [0.2, 0.25) is 5.02 Å². The Morgan fingerprint density at radius 1 is 1.17 bits per heavy atom. The van der Waals surface area contributed by atoms with Crippen LogP contribution >= 0.6 is 11.6 Å². The van der Waals surface area contributed by atoms with Crippen molar-refractivity contribution in [2.45, 2.75) is 19.5 Å². The minimum atomic E-state index is -0.221. The van der Waals surface area contributed by atoms with Crippen molar-refractivity contribution < 1.29 is 4.79 Å². The molecule has 0 fully saturated rings. The summed E-state index contributed by atoms with van der Waals surface area (Å²) in [6, 6.07) is 14.6. The summed E-state index contributed by atoms with van der Waals surface area (Å²) in [6.45, 7) is 1.86. The zero-order valence-electron chi connectivity index (χ0n) is 13.5. The van der Waals surface area contributed by atoms with E-state index in [1.165, 1.54) is 4.57 Å². The first-order valence-corrected chi connectivity index (χ1v) is 8.04. The van der Waals surface area contributed by atoms with Gasteiger partial charge >= 0.3 is 5.69 Å². The maximum Gasteiger partial charge on any atom is 0.329 e. The number of carbonyl (C=O) groups excluding carboxylic acids is 1. The summed E-state index contributed by atoms with van der Waals surface area (Å²) in [7, 11) is 1.70. The van der Waals surface area contributed by atoms with Gasteiger partial charge in [-0.1, -0.05) is 35.9 Å². The number of para-hydroxylation sites is 2. The third-order valence-electron chi connectivity index (χ3n) is 4.08. The summed E-state index contributed by atoms with van der Waals surface area (Å²) in [6.07, 6.45) is 0. The smallest absolute Gasteiger partial charge is 0.329 e. The molecule has 0 aliphatic rings. The molecule has 1 heterocycles. The highest BCUT2D eigenvalue weighted by Crippen LogP contribution is 2.17. The molecule has 0 spiro atoms. The number of carbonyl (C=O) groups is 1. The van der Waals surface area contributed by atoms with E-state index in [-0.39, 0.29) is 24.2 Å². The van der Waals surface area contributed by atoms with Crippen molar-refractivity contribution in [1.29, 1.82) is 0 Å². The molecule has 0 saturated heterocycles. The molecule has 3 rings (SSSR count). The van der Waals surface area contributed by atoms with E-state index < -0.39 is 0 Å². The Labute approximate surface area is 144 Å². The van der Waals surface area contributed by atoms with Gasteiger partial charge in [-0.3, -0.25) is 13.9 Å². The molecule has 0 aliphatic heterocycles.